The van der Waals surface area contributed by atoms with Crippen LogP contribution in [-0.2, 0) is 10.8 Å². The van der Waals surface area contributed by atoms with Gasteiger partial charge in [-0.05, 0) is 104 Å². The van der Waals surface area contributed by atoms with E-state index in [0.717, 1.165) is 0 Å². The fourth-order valence-electron chi connectivity index (χ4n) is 10.6. The molecule has 2 nitrogen and oxygen atoms in total. The molecule has 0 N–H and O–H groups in total. The number of hydrogen-bond acceptors (Lipinski definition) is 0. The molecule has 1 aliphatic carbocycles. The van der Waals surface area contributed by atoms with Crippen LogP contribution in [0.2, 0.25) is 0 Å². The number of aromatic nitrogens is 2. The zero-order chi connectivity index (χ0) is 39.9. The van der Waals surface area contributed by atoms with Crippen molar-refractivity contribution in [3.63, 3.8) is 0 Å². The Hall–Kier alpha value is -6.42. The van der Waals surface area contributed by atoms with Gasteiger partial charge < -0.3 is 9.13 Å². The maximum Gasteiger partial charge on any atom is 0.179 e. The third kappa shape index (κ3) is 5.37. The van der Waals surface area contributed by atoms with E-state index in [2.05, 4.69) is 231 Å². The van der Waals surface area contributed by atoms with E-state index >= 15 is 0 Å². The first kappa shape index (κ1) is 35.7. The summed E-state index contributed by atoms with van der Waals surface area (Å²) >= 11 is 0. The smallest absolute Gasteiger partial charge is 0.179 e. The summed E-state index contributed by atoms with van der Waals surface area (Å²) in [5, 5.41) is 10.7. The van der Waals surface area contributed by atoms with Gasteiger partial charge in [-0.2, -0.15) is 0 Å². The molecule has 0 radical (unpaired) electrons. The minimum atomic E-state index is -2.78. The van der Waals surface area contributed by atoms with Gasteiger partial charge in [0.2, 0.25) is 0 Å². The molecule has 0 saturated carbocycles. The summed E-state index contributed by atoms with van der Waals surface area (Å²) in [4.78, 5) is 0. The highest BCUT2D eigenvalue weighted by Gasteiger charge is 2.44. The van der Waals surface area contributed by atoms with Crippen LogP contribution < -0.4 is 20.7 Å². The van der Waals surface area contributed by atoms with Crippen LogP contribution in [0.1, 0.15) is 51.7 Å². The third-order valence-corrected chi connectivity index (χ3v) is 18.5. The average Bonchev–Trinajstić information content (AvgIpc) is 3.79. The van der Waals surface area contributed by atoms with Gasteiger partial charge in [-0.15, -0.1) is 0 Å². The molecule has 8 aromatic carbocycles. The molecule has 59 heavy (non-hydrogen) atoms. The molecule has 0 atom stereocenters. The SMILES string of the molecule is CC1(C)CCC(C)(C)c2cc([Si](c3ccccc3)(c3ccccc3)c3ccc(-n4c5ccccc5c5cc(-n6c7ccccc7c7ccccc76)ccc54)cc3)ccc21. The molecule has 0 amide bonds. The molecule has 0 saturated heterocycles. The quantitative estimate of drug-likeness (QED) is 0.118. The minimum absolute atomic E-state index is 0.107. The fraction of sp³-hybridized carbons (Fsp3) is 0.143. The Kier molecular flexibility index (Phi) is 8.06. The molecule has 1 aliphatic rings. The third-order valence-electron chi connectivity index (χ3n) is 13.8. The Bertz CT molecular complexity index is 3110. The fourth-order valence-corrected chi connectivity index (χ4v) is 15.4. The highest BCUT2D eigenvalue weighted by molar-refractivity contribution is 7.19. The van der Waals surface area contributed by atoms with E-state index in [1.54, 1.807) is 0 Å². The number of rotatable bonds is 6. The first-order valence-electron chi connectivity index (χ1n) is 21.1. The second kappa shape index (κ2) is 13.3. The largest absolute Gasteiger partial charge is 0.309 e. The Morgan fingerprint density at radius 3 is 1.31 bits per heavy atom. The van der Waals surface area contributed by atoms with Crippen LogP contribution in [0.25, 0.3) is 55.0 Å². The van der Waals surface area contributed by atoms with E-state index < -0.39 is 8.07 Å². The number of para-hydroxylation sites is 3. The van der Waals surface area contributed by atoms with Crippen molar-refractivity contribution in [3.05, 3.63) is 205 Å². The van der Waals surface area contributed by atoms with E-state index in [4.69, 9.17) is 0 Å². The minimum Gasteiger partial charge on any atom is -0.309 e. The van der Waals surface area contributed by atoms with E-state index in [0.29, 0.717) is 0 Å². The summed E-state index contributed by atoms with van der Waals surface area (Å²) in [5.74, 6) is 0. The summed E-state index contributed by atoms with van der Waals surface area (Å²) in [5.41, 5.74) is 10.5. The number of benzene rings is 8. The zero-order valence-corrected chi connectivity index (χ0v) is 35.3. The van der Waals surface area contributed by atoms with Gasteiger partial charge in [-0.1, -0.05) is 173 Å². The number of hydrogen-bond donors (Lipinski definition) is 0. The first-order valence-corrected chi connectivity index (χ1v) is 23.1. The monoisotopic (exact) mass is 776 g/mol. The van der Waals surface area contributed by atoms with Gasteiger partial charge in [-0.25, -0.2) is 0 Å². The van der Waals surface area contributed by atoms with Gasteiger partial charge in [0.25, 0.3) is 0 Å². The van der Waals surface area contributed by atoms with Crippen LogP contribution >= 0.6 is 0 Å². The zero-order valence-electron chi connectivity index (χ0n) is 34.3. The summed E-state index contributed by atoms with van der Waals surface area (Å²) < 4.78 is 4.88. The second-order valence-corrected chi connectivity index (χ2v) is 21.8. The Morgan fingerprint density at radius 1 is 0.339 bits per heavy atom. The molecule has 11 rings (SSSR count). The molecule has 286 valence electrons. The van der Waals surface area contributed by atoms with Crippen molar-refractivity contribution in [3.8, 4) is 11.4 Å². The molecular weight excluding hydrogens is 729 g/mol. The van der Waals surface area contributed by atoms with E-state index in [-0.39, 0.29) is 10.8 Å². The van der Waals surface area contributed by atoms with Crippen LogP contribution in [0.5, 0.6) is 0 Å². The van der Waals surface area contributed by atoms with Crippen LogP contribution in [-0.4, -0.2) is 17.2 Å². The van der Waals surface area contributed by atoms with Gasteiger partial charge in [0.1, 0.15) is 0 Å². The normalized spacial score (nSPS) is 14.9. The summed E-state index contributed by atoms with van der Waals surface area (Å²) in [6, 6.07) is 73.4. The molecule has 0 spiro atoms. The number of fused-ring (bicyclic) bond motifs is 7. The summed E-state index contributed by atoms with van der Waals surface area (Å²) in [6.45, 7) is 9.76. The lowest BCUT2D eigenvalue weighted by molar-refractivity contribution is 0.332. The van der Waals surface area contributed by atoms with Gasteiger partial charge in [0.05, 0.1) is 22.1 Å². The lowest BCUT2D eigenvalue weighted by atomic mass is 9.63. The van der Waals surface area contributed by atoms with Crippen molar-refractivity contribution < 1.29 is 0 Å². The van der Waals surface area contributed by atoms with Crippen LogP contribution in [0.15, 0.2) is 194 Å². The molecule has 0 bridgehead atoms. The Morgan fingerprint density at radius 2 is 0.746 bits per heavy atom. The molecule has 2 heterocycles. The lowest BCUT2D eigenvalue weighted by Gasteiger charge is -2.43. The highest BCUT2D eigenvalue weighted by Crippen LogP contribution is 2.45. The van der Waals surface area contributed by atoms with Gasteiger partial charge >= 0.3 is 0 Å². The molecule has 2 aromatic heterocycles. The molecule has 3 heteroatoms. The molecular formula is C56H48N2Si. The van der Waals surface area contributed by atoms with Crippen LogP contribution in [0, 0.1) is 0 Å². The standard InChI is InChI=1S/C56H48N2Si/c1-55(2)35-36-56(3,4)50-38-44(32-33-49(50)55)59(41-17-7-5-8-18-41,42-19-9-6-10-20-42)43-30-27-39(28-31-43)57-53-26-16-13-23-47(53)48-37-40(29-34-54(48)57)58-51-24-14-11-21-45(51)46-22-12-15-25-52(46)58/h5-34,37-38H,35-36H2,1-4H3. The van der Waals surface area contributed by atoms with Crippen molar-refractivity contribution in [2.75, 3.05) is 0 Å². The van der Waals surface area contributed by atoms with E-state index in [1.165, 1.54) is 99.7 Å². The molecule has 0 fully saturated rings. The predicted octanol–water partition coefficient (Wildman–Crippen LogP) is 11.6. The maximum absolute atomic E-state index is 2.78. The van der Waals surface area contributed by atoms with E-state index in [9.17, 15) is 0 Å². The first-order chi connectivity index (χ1) is 28.8. The topological polar surface area (TPSA) is 9.86 Å². The predicted molar refractivity (Wildman–Crippen MR) is 254 cm³/mol. The Labute approximate surface area is 348 Å². The van der Waals surface area contributed by atoms with Crippen LogP contribution in [0.3, 0.4) is 0 Å². The lowest BCUT2D eigenvalue weighted by Crippen LogP contribution is -2.74. The molecule has 0 unspecified atom stereocenters. The van der Waals surface area contributed by atoms with Gasteiger partial charge in [0, 0.05) is 32.9 Å². The van der Waals surface area contributed by atoms with E-state index in [1.807, 2.05) is 0 Å². The van der Waals surface area contributed by atoms with Crippen molar-refractivity contribution >= 4 is 72.4 Å². The van der Waals surface area contributed by atoms with Gasteiger partial charge in [0.15, 0.2) is 8.07 Å². The Balaban J connectivity index is 1.12. The summed E-state index contributed by atoms with van der Waals surface area (Å²) in [7, 11) is -2.78. The number of nitrogens with zero attached hydrogens (tertiary/aromatic N) is 2. The van der Waals surface area contributed by atoms with Crippen molar-refractivity contribution in [1.82, 2.24) is 9.13 Å². The summed E-state index contributed by atoms with van der Waals surface area (Å²) in [6.07, 6.45) is 2.40. The van der Waals surface area contributed by atoms with Gasteiger partial charge in [-0.3, -0.25) is 0 Å². The highest BCUT2D eigenvalue weighted by atomic mass is 28.3. The van der Waals surface area contributed by atoms with Crippen molar-refractivity contribution in [2.45, 2.75) is 51.4 Å². The maximum atomic E-state index is 2.62. The van der Waals surface area contributed by atoms with Crippen LogP contribution in [0.4, 0.5) is 0 Å². The van der Waals surface area contributed by atoms with Crippen molar-refractivity contribution in [1.29, 1.82) is 0 Å². The molecule has 0 aliphatic heterocycles. The van der Waals surface area contributed by atoms with Crippen molar-refractivity contribution in [2.24, 2.45) is 0 Å². The average molecular weight is 777 g/mol. The second-order valence-electron chi connectivity index (χ2n) is 18.0. The molecule has 10 aromatic rings.